The quantitative estimate of drug-likeness (QED) is 0.186. The van der Waals surface area contributed by atoms with Crippen LogP contribution in [-0.2, 0) is 4.79 Å². The van der Waals surface area contributed by atoms with Crippen molar-refractivity contribution >= 4 is 11.7 Å². The largest absolute Gasteiger partial charge is 0.585 e. The zero-order chi connectivity index (χ0) is 8.85. The molecule has 0 saturated heterocycles. The predicted octanol–water partition coefficient (Wildman–Crippen LogP) is 0.0586. The van der Waals surface area contributed by atoms with E-state index in [1.165, 1.54) is 0 Å². The average molecular weight is 152 g/mol. The van der Waals surface area contributed by atoms with Gasteiger partial charge in [0.1, 0.15) is 6.57 Å². The van der Waals surface area contributed by atoms with Gasteiger partial charge in [0.25, 0.3) is 0 Å². The number of hydrogen-bond acceptors (Lipinski definition) is 1. The van der Waals surface area contributed by atoms with E-state index < -0.39 is 11.7 Å². The average Bonchev–Trinajstić information content (AvgIpc) is 1.88. The van der Waals surface area contributed by atoms with E-state index >= 15 is 0 Å². The molecule has 0 aromatic heterocycles. The van der Waals surface area contributed by atoms with Gasteiger partial charge in [0, 0.05) is 6.04 Å². The number of carbonyl (C=O) groups is 1. The lowest BCUT2D eigenvalue weighted by atomic mass is 10.4. The maximum Gasteiger partial charge on any atom is 0.585 e. The molecule has 0 saturated carbocycles. The molecule has 11 heavy (non-hydrogen) atoms. The van der Waals surface area contributed by atoms with Gasteiger partial charge in [0.15, 0.2) is 0 Å². The standard InChI is InChI=1S/C6H8N4O/c1-4(2)9-6(11)5(8-3)10-7/h4H,1-2H3,(H,9,11). The molecule has 0 heterocycles. The van der Waals surface area contributed by atoms with Crippen molar-refractivity contribution < 1.29 is 9.58 Å². The maximum atomic E-state index is 10.8. The Morgan fingerprint density at radius 1 is 1.64 bits per heavy atom. The van der Waals surface area contributed by atoms with Gasteiger partial charge in [-0.1, -0.05) is 0 Å². The molecule has 0 unspecified atom stereocenters. The van der Waals surface area contributed by atoms with Gasteiger partial charge in [0.2, 0.25) is 0 Å². The molecule has 0 aliphatic rings. The smallest absolute Gasteiger partial charge is 0.376 e. The molecule has 5 heteroatoms. The fraction of sp³-hybridized carbons (Fsp3) is 0.500. The predicted molar refractivity (Wildman–Crippen MR) is 38.5 cm³/mol. The number of amides is 1. The van der Waals surface area contributed by atoms with E-state index in [-0.39, 0.29) is 6.04 Å². The van der Waals surface area contributed by atoms with Crippen LogP contribution in [0, 0.1) is 6.57 Å². The van der Waals surface area contributed by atoms with Crippen molar-refractivity contribution in [3.05, 3.63) is 16.9 Å². The van der Waals surface area contributed by atoms with Crippen LogP contribution in [0.1, 0.15) is 13.8 Å². The normalized spacial score (nSPS) is 8.18. The molecule has 5 nitrogen and oxygen atoms in total. The van der Waals surface area contributed by atoms with Gasteiger partial charge in [-0.2, -0.15) is 4.79 Å². The fourth-order valence-electron chi connectivity index (χ4n) is 0.445. The van der Waals surface area contributed by atoms with Gasteiger partial charge >= 0.3 is 11.7 Å². The third-order valence-corrected chi connectivity index (χ3v) is 0.823. The minimum atomic E-state index is -0.655. The molecule has 0 spiro atoms. The fourth-order valence-corrected chi connectivity index (χ4v) is 0.445. The van der Waals surface area contributed by atoms with Gasteiger partial charge in [0.05, 0.1) is 0 Å². The Morgan fingerprint density at radius 2 is 2.18 bits per heavy atom. The summed E-state index contributed by atoms with van der Waals surface area (Å²) in [6, 6.07) is -0.0685. The summed E-state index contributed by atoms with van der Waals surface area (Å²) >= 11 is 0. The monoisotopic (exact) mass is 152 g/mol. The van der Waals surface area contributed by atoms with Gasteiger partial charge in [-0.05, 0) is 13.8 Å². The third-order valence-electron chi connectivity index (χ3n) is 0.823. The first-order valence-electron chi connectivity index (χ1n) is 3.02. The molecule has 0 aromatic carbocycles. The van der Waals surface area contributed by atoms with E-state index in [0.29, 0.717) is 0 Å². The zero-order valence-corrected chi connectivity index (χ0v) is 6.33. The molecule has 0 radical (unpaired) electrons. The van der Waals surface area contributed by atoms with Crippen molar-refractivity contribution in [3.8, 4) is 0 Å². The summed E-state index contributed by atoms with van der Waals surface area (Å²) in [5.41, 5.74) is 8.12. The Balaban J connectivity index is 4.28. The van der Waals surface area contributed by atoms with Crippen molar-refractivity contribution in [1.82, 2.24) is 5.32 Å². The lowest BCUT2D eigenvalue weighted by molar-refractivity contribution is -0.119. The Hall–Kier alpha value is -1.66. The number of nitrogens with one attached hydrogen (secondary N) is 1. The van der Waals surface area contributed by atoms with Crippen LogP contribution >= 0.6 is 0 Å². The molecule has 1 N–H and O–H groups in total. The molecule has 0 rings (SSSR count). The van der Waals surface area contributed by atoms with Gasteiger partial charge in [-0.3, -0.25) is 4.79 Å². The van der Waals surface area contributed by atoms with Crippen LogP contribution in [0.3, 0.4) is 0 Å². The Bertz CT molecular complexity index is 244. The Kier molecular flexibility index (Phi) is 3.57. The highest BCUT2D eigenvalue weighted by molar-refractivity contribution is 6.39. The first kappa shape index (κ1) is 9.34. The minimum Gasteiger partial charge on any atom is -0.376 e. The van der Waals surface area contributed by atoms with Crippen molar-refractivity contribution in [2.24, 2.45) is 0 Å². The second-order valence-corrected chi connectivity index (χ2v) is 2.16. The summed E-state index contributed by atoms with van der Waals surface area (Å²) in [5.74, 6) is -1.20. The topological polar surface area (TPSA) is 69.9 Å². The van der Waals surface area contributed by atoms with E-state index in [4.69, 9.17) is 12.1 Å². The van der Waals surface area contributed by atoms with Crippen LogP contribution in [0.4, 0.5) is 0 Å². The van der Waals surface area contributed by atoms with E-state index in [2.05, 4.69) is 15.0 Å². The van der Waals surface area contributed by atoms with Gasteiger partial charge < -0.3 is 10.8 Å². The molecule has 0 aliphatic heterocycles. The van der Waals surface area contributed by atoms with Crippen molar-refractivity contribution in [2.45, 2.75) is 19.9 Å². The van der Waals surface area contributed by atoms with Gasteiger partial charge in [-0.15, -0.1) is 4.85 Å². The van der Waals surface area contributed by atoms with Crippen LogP contribution in [0.2, 0.25) is 0 Å². The molecular formula is C6H8N4O. The maximum absolute atomic E-state index is 10.8. The zero-order valence-electron chi connectivity index (χ0n) is 6.33. The Labute approximate surface area is 64.5 Å². The first-order valence-corrected chi connectivity index (χ1v) is 3.02. The molecule has 0 bridgehead atoms. The van der Waals surface area contributed by atoms with Crippen molar-refractivity contribution in [2.75, 3.05) is 0 Å². The van der Waals surface area contributed by atoms with Crippen LogP contribution < -0.4 is 5.32 Å². The number of amidine groups is 1. The molecule has 0 aliphatic carbocycles. The highest BCUT2D eigenvalue weighted by Gasteiger charge is 2.20. The summed E-state index contributed by atoms with van der Waals surface area (Å²) in [7, 11) is 0. The van der Waals surface area contributed by atoms with Crippen LogP contribution in [0.15, 0.2) is 0 Å². The molecule has 0 fully saturated rings. The highest BCUT2D eigenvalue weighted by atomic mass is 16.2. The lowest BCUT2D eigenvalue weighted by Gasteiger charge is -2.01. The van der Waals surface area contributed by atoms with Crippen LogP contribution in [0.5, 0.6) is 0 Å². The van der Waals surface area contributed by atoms with E-state index in [1.54, 1.807) is 13.8 Å². The molecular weight excluding hydrogens is 144 g/mol. The van der Waals surface area contributed by atoms with E-state index in [9.17, 15) is 4.79 Å². The summed E-state index contributed by atoms with van der Waals surface area (Å²) in [6.07, 6.45) is 0. The summed E-state index contributed by atoms with van der Waals surface area (Å²) in [6.45, 7) is 9.90. The van der Waals surface area contributed by atoms with E-state index in [1.807, 2.05) is 0 Å². The summed E-state index contributed by atoms with van der Waals surface area (Å²) < 4.78 is 0. The second kappa shape index (κ2) is 4.20. The van der Waals surface area contributed by atoms with Crippen LogP contribution in [0.25, 0.3) is 10.4 Å². The van der Waals surface area contributed by atoms with E-state index in [0.717, 1.165) is 0 Å². The van der Waals surface area contributed by atoms with Crippen molar-refractivity contribution in [3.63, 3.8) is 0 Å². The minimum absolute atomic E-state index is 0.0685. The molecule has 1 amide bonds. The lowest BCUT2D eigenvalue weighted by Crippen LogP contribution is -2.35. The molecule has 58 valence electrons. The number of rotatable bonds is 1. The Morgan fingerprint density at radius 3 is 2.45 bits per heavy atom. The van der Waals surface area contributed by atoms with Crippen molar-refractivity contribution in [1.29, 1.82) is 0 Å². The SMILES string of the molecule is [C-]#[N+]C(=[N+]=[N-])C(=O)NC(C)C. The molecule has 0 atom stereocenters. The number of nitrogens with zero attached hydrogens (tertiary/aromatic N) is 3. The van der Waals surface area contributed by atoms with Gasteiger partial charge in [-0.25, -0.2) is 0 Å². The summed E-state index contributed by atoms with van der Waals surface area (Å²) in [5, 5.41) is 2.40. The third kappa shape index (κ3) is 3.14. The second-order valence-electron chi connectivity index (χ2n) is 2.16. The first-order chi connectivity index (χ1) is 5.11. The van der Waals surface area contributed by atoms with Crippen LogP contribution in [-0.4, -0.2) is 22.6 Å². The highest BCUT2D eigenvalue weighted by Crippen LogP contribution is 1.79. The molecule has 0 aromatic rings. The number of carbonyl (C=O) groups excluding carboxylic acids is 1. The summed E-state index contributed by atoms with van der Waals surface area (Å²) in [4.78, 5) is 16.0. The number of hydrogen-bond donors (Lipinski definition) is 1.